The monoisotopic (exact) mass is 420 g/mol. The molecule has 4 heterocycles. The number of aromatic nitrogens is 2. The Morgan fingerprint density at radius 1 is 1.16 bits per heavy atom. The Morgan fingerprint density at radius 3 is 2.87 bits per heavy atom. The molecule has 3 aliphatic rings. The van der Waals surface area contributed by atoms with Crippen molar-refractivity contribution in [3.05, 3.63) is 53.0 Å². The average molecular weight is 420 g/mol. The van der Waals surface area contributed by atoms with Crippen molar-refractivity contribution < 1.29 is 14.4 Å². The highest BCUT2D eigenvalue weighted by molar-refractivity contribution is 6.05. The van der Waals surface area contributed by atoms with Crippen LogP contribution in [0.15, 0.2) is 30.5 Å². The Labute approximate surface area is 179 Å². The summed E-state index contributed by atoms with van der Waals surface area (Å²) in [6.07, 6.45) is 4.55. The zero-order valence-corrected chi connectivity index (χ0v) is 17.1. The van der Waals surface area contributed by atoms with Gasteiger partial charge in [0.2, 0.25) is 11.8 Å². The highest BCUT2D eigenvalue weighted by Crippen LogP contribution is 2.28. The normalized spacial score (nSPS) is 23.1. The molecule has 9 heteroatoms. The van der Waals surface area contributed by atoms with Crippen LogP contribution < -0.4 is 16.0 Å². The fraction of sp³-hybridized carbons (Fsp3) is 0.409. The molecular weight excluding hydrogens is 396 g/mol. The van der Waals surface area contributed by atoms with E-state index in [-0.39, 0.29) is 24.3 Å². The summed E-state index contributed by atoms with van der Waals surface area (Å²) in [6.45, 7) is 1.90. The predicted molar refractivity (Wildman–Crippen MR) is 112 cm³/mol. The minimum Gasteiger partial charge on any atom is -0.366 e. The first kappa shape index (κ1) is 19.6. The molecule has 0 saturated carbocycles. The van der Waals surface area contributed by atoms with Gasteiger partial charge in [-0.05, 0) is 49.1 Å². The molecule has 0 spiro atoms. The van der Waals surface area contributed by atoms with Gasteiger partial charge in [-0.15, -0.1) is 0 Å². The molecule has 3 amide bonds. The standard InChI is InChI=1S/C22H24N6O3/c29-19-6-5-17(21(30)27-19)28-12-14-4-3-13(10-15(14)22(28)31)11-25-18-7-9-24-20(26-18)16-2-1-8-23-16/h3-4,7,9-10,16-17,23H,1-2,5-6,8,11-12H2,(H,24,25,26)(H,27,29,30). The summed E-state index contributed by atoms with van der Waals surface area (Å²) in [5.74, 6) is 0.705. The quantitative estimate of drug-likeness (QED) is 0.624. The lowest BCUT2D eigenvalue weighted by atomic mass is 10.0. The van der Waals surface area contributed by atoms with Gasteiger partial charge in [0.15, 0.2) is 0 Å². The minimum absolute atomic E-state index is 0.164. The first-order valence-electron chi connectivity index (χ1n) is 10.6. The number of imide groups is 1. The average Bonchev–Trinajstić information content (AvgIpc) is 3.42. The Kier molecular flexibility index (Phi) is 5.11. The molecule has 9 nitrogen and oxygen atoms in total. The van der Waals surface area contributed by atoms with Gasteiger partial charge in [0.1, 0.15) is 17.7 Å². The second-order valence-corrected chi connectivity index (χ2v) is 8.19. The Balaban J connectivity index is 1.26. The summed E-state index contributed by atoms with van der Waals surface area (Å²) in [5, 5.41) is 9.04. The van der Waals surface area contributed by atoms with E-state index in [4.69, 9.17) is 0 Å². The third-order valence-corrected chi connectivity index (χ3v) is 6.11. The van der Waals surface area contributed by atoms with E-state index in [1.54, 1.807) is 11.1 Å². The molecule has 2 atom stereocenters. The van der Waals surface area contributed by atoms with E-state index < -0.39 is 11.9 Å². The van der Waals surface area contributed by atoms with Crippen molar-refractivity contribution in [3.8, 4) is 0 Å². The molecule has 0 bridgehead atoms. The number of hydrogen-bond donors (Lipinski definition) is 3. The van der Waals surface area contributed by atoms with Gasteiger partial charge in [-0.3, -0.25) is 19.7 Å². The highest BCUT2D eigenvalue weighted by Gasteiger charge is 2.39. The van der Waals surface area contributed by atoms with Gasteiger partial charge in [-0.2, -0.15) is 0 Å². The number of hydrogen-bond acceptors (Lipinski definition) is 7. The van der Waals surface area contributed by atoms with Gasteiger partial charge in [0, 0.05) is 31.3 Å². The van der Waals surface area contributed by atoms with E-state index in [0.29, 0.717) is 25.1 Å². The highest BCUT2D eigenvalue weighted by atomic mass is 16.2. The predicted octanol–water partition coefficient (Wildman–Crippen LogP) is 1.27. The minimum atomic E-state index is -0.595. The second kappa shape index (κ2) is 8.07. The topological polar surface area (TPSA) is 116 Å². The van der Waals surface area contributed by atoms with Crippen LogP contribution in [0.1, 0.15) is 59.0 Å². The summed E-state index contributed by atoms with van der Waals surface area (Å²) in [4.78, 5) is 47.1. The summed E-state index contributed by atoms with van der Waals surface area (Å²) in [6, 6.07) is 7.23. The molecule has 2 aromatic rings. The molecule has 3 N–H and O–H groups in total. The van der Waals surface area contributed by atoms with Crippen LogP contribution in [0.2, 0.25) is 0 Å². The maximum Gasteiger partial charge on any atom is 0.255 e. The maximum absolute atomic E-state index is 13.0. The van der Waals surface area contributed by atoms with Gasteiger partial charge in [-0.25, -0.2) is 9.97 Å². The lowest BCUT2D eigenvalue weighted by molar-refractivity contribution is -0.136. The number of benzene rings is 1. The van der Waals surface area contributed by atoms with Gasteiger partial charge in [0.05, 0.1) is 6.04 Å². The first-order valence-corrected chi connectivity index (χ1v) is 10.6. The number of amides is 3. The van der Waals surface area contributed by atoms with E-state index in [2.05, 4.69) is 25.9 Å². The zero-order valence-electron chi connectivity index (χ0n) is 17.1. The molecule has 1 aromatic carbocycles. The van der Waals surface area contributed by atoms with Crippen molar-refractivity contribution >= 4 is 23.5 Å². The molecule has 160 valence electrons. The Hall–Kier alpha value is -3.33. The van der Waals surface area contributed by atoms with Crippen molar-refractivity contribution in [2.45, 2.75) is 50.9 Å². The number of nitrogens with zero attached hydrogens (tertiary/aromatic N) is 3. The van der Waals surface area contributed by atoms with Crippen molar-refractivity contribution in [3.63, 3.8) is 0 Å². The van der Waals surface area contributed by atoms with Gasteiger partial charge < -0.3 is 15.5 Å². The van der Waals surface area contributed by atoms with Crippen LogP contribution in [0, 0.1) is 0 Å². The number of carbonyl (C=O) groups is 3. The van der Waals surface area contributed by atoms with Gasteiger partial charge in [0.25, 0.3) is 5.91 Å². The van der Waals surface area contributed by atoms with E-state index in [1.807, 2.05) is 24.3 Å². The van der Waals surface area contributed by atoms with Crippen LogP contribution in [0.3, 0.4) is 0 Å². The van der Waals surface area contributed by atoms with E-state index >= 15 is 0 Å². The number of anilines is 1. The smallest absolute Gasteiger partial charge is 0.255 e. The van der Waals surface area contributed by atoms with Crippen LogP contribution in [0.5, 0.6) is 0 Å². The summed E-state index contributed by atoms with van der Waals surface area (Å²) < 4.78 is 0. The van der Waals surface area contributed by atoms with Crippen molar-refractivity contribution in [1.82, 2.24) is 25.5 Å². The maximum atomic E-state index is 13.0. The van der Waals surface area contributed by atoms with Gasteiger partial charge in [-0.1, -0.05) is 12.1 Å². The molecule has 2 unspecified atom stereocenters. The SMILES string of the molecule is O=C1CCC(N2Cc3ccc(CNc4ccnc(C5CCCN5)n4)cc3C2=O)C(=O)N1. The van der Waals surface area contributed by atoms with E-state index in [0.717, 1.165) is 42.2 Å². The zero-order chi connectivity index (χ0) is 21.4. The molecule has 0 aliphatic carbocycles. The lowest BCUT2D eigenvalue weighted by Crippen LogP contribution is -2.52. The number of fused-ring (bicyclic) bond motifs is 1. The van der Waals surface area contributed by atoms with Crippen LogP contribution in [0.4, 0.5) is 5.82 Å². The fourth-order valence-electron chi connectivity index (χ4n) is 4.45. The van der Waals surface area contributed by atoms with Crippen molar-refractivity contribution in [1.29, 1.82) is 0 Å². The molecule has 2 saturated heterocycles. The van der Waals surface area contributed by atoms with Crippen LogP contribution >= 0.6 is 0 Å². The Bertz CT molecular complexity index is 1050. The third-order valence-electron chi connectivity index (χ3n) is 6.11. The summed E-state index contributed by atoms with van der Waals surface area (Å²) in [7, 11) is 0. The Morgan fingerprint density at radius 2 is 2.06 bits per heavy atom. The number of rotatable bonds is 5. The first-order chi connectivity index (χ1) is 15.1. The van der Waals surface area contributed by atoms with E-state index in [1.165, 1.54) is 0 Å². The lowest BCUT2D eigenvalue weighted by Gasteiger charge is -2.29. The number of nitrogens with one attached hydrogen (secondary N) is 3. The third kappa shape index (κ3) is 3.88. The second-order valence-electron chi connectivity index (χ2n) is 8.19. The van der Waals surface area contributed by atoms with E-state index in [9.17, 15) is 14.4 Å². The fourth-order valence-corrected chi connectivity index (χ4v) is 4.45. The summed E-state index contributed by atoms with van der Waals surface area (Å²) in [5.41, 5.74) is 2.47. The molecule has 1 aromatic heterocycles. The largest absolute Gasteiger partial charge is 0.366 e. The number of piperidine rings is 1. The molecular formula is C22H24N6O3. The van der Waals surface area contributed by atoms with Crippen molar-refractivity contribution in [2.24, 2.45) is 0 Å². The summed E-state index contributed by atoms with van der Waals surface area (Å²) >= 11 is 0. The number of carbonyl (C=O) groups excluding carboxylic acids is 3. The van der Waals surface area contributed by atoms with Gasteiger partial charge >= 0.3 is 0 Å². The molecule has 5 rings (SSSR count). The molecule has 2 fully saturated rings. The van der Waals surface area contributed by atoms with Crippen LogP contribution in [0.25, 0.3) is 0 Å². The molecule has 0 radical (unpaired) electrons. The molecule has 31 heavy (non-hydrogen) atoms. The van der Waals surface area contributed by atoms with Crippen molar-refractivity contribution in [2.75, 3.05) is 11.9 Å². The van der Waals surface area contributed by atoms with Crippen LogP contribution in [-0.4, -0.2) is 45.2 Å². The van der Waals surface area contributed by atoms with Crippen LogP contribution in [-0.2, 0) is 22.7 Å². The molecule has 3 aliphatic heterocycles.